The lowest BCUT2D eigenvalue weighted by atomic mass is 9.89. The van der Waals surface area contributed by atoms with E-state index in [-0.39, 0.29) is 22.2 Å². The number of allylic oxidation sites excluding steroid dienone is 3. The molecule has 0 bridgehead atoms. The number of amides is 1. The van der Waals surface area contributed by atoms with E-state index < -0.39 is 0 Å². The number of ketones is 2. The van der Waals surface area contributed by atoms with Gasteiger partial charge < -0.3 is 5.32 Å². The van der Waals surface area contributed by atoms with Crippen LogP contribution in [0.4, 0.5) is 4.79 Å². The number of carbonyl (C=O) groups is 3. The number of hydrogen-bond acceptors (Lipinski definition) is 5. The van der Waals surface area contributed by atoms with E-state index in [0.29, 0.717) is 21.6 Å². The summed E-state index contributed by atoms with van der Waals surface area (Å²) in [6.45, 7) is 0. The van der Waals surface area contributed by atoms with Gasteiger partial charge in [-0.15, -0.1) is 0 Å². The van der Waals surface area contributed by atoms with Crippen LogP contribution in [0.25, 0.3) is 0 Å². The van der Waals surface area contributed by atoms with Gasteiger partial charge in [0, 0.05) is 21.6 Å². The van der Waals surface area contributed by atoms with Crippen LogP contribution in [0.3, 0.4) is 0 Å². The highest BCUT2D eigenvalue weighted by atomic mass is 32.2. The molecule has 2 heterocycles. The Kier molecular flexibility index (Phi) is 2.46. The Labute approximate surface area is 122 Å². The first-order chi connectivity index (χ1) is 9.65. The Balaban J connectivity index is 1.88. The Morgan fingerprint density at radius 1 is 1.00 bits per heavy atom. The molecule has 1 unspecified atom stereocenters. The van der Waals surface area contributed by atoms with Crippen LogP contribution in [0.2, 0.25) is 0 Å². The van der Waals surface area contributed by atoms with E-state index >= 15 is 0 Å². The molecule has 6 heteroatoms. The molecule has 0 saturated carbocycles. The lowest BCUT2D eigenvalue weighted by molar-refractivity contribution is 0.0984. The van der Waals surface area contributed by atoms with E-state index in [4.69, 9.17) is 0 Å². The number of carbonyl (C=O) groups excluding carboxylic acids is 3. The monoisotopic (exact) mass is 301 g/mol. The molecule has 1 amide bonds. The van der Waals surface area contributed by atoms with Crippen LogP contribution in [0.1, 0.15) is 20.7 Å². The van der Waals surface area contributed by atoms with Gasteiger partial charge in [0.25, 0.3) is 5.24 Å². The highest BCUT2D eigenvalue weighted by Crippen LogP contribution is 2.46. The summed E-state index contributed by atoms with van der Waals surface area (Å²) in [6, 6.07) is 6.83. The zero-order chi connectivity index (χ0) is 13.9. The SMILES string of the molecule is O=C1NC2SC3=C(C=C2S1)C(=O)c1ccccc1C3=O. The van der Waals surface area contributed by atoms with Gasteiger partial charge in [0.05, 0.1) is 4.91 Å². The summed E-state index contributed by atoms with van der Waals surface area (Å²) in [5.41, 5.74) is 1.29. The molecule has 1 fully saturated rings. The van der Waals surface area contributed by atoms with Crippen LogP contribution >= 0.6 is 23.5 Å². The number of hydrogen-bond donors (Lipinski definition) is 1. The maximum Gasteiger partial charge on any atom is 0.284 e. The Hall–Kier alpha value is -1.79. The summed E-state index contributed by atoms with van der Waals surface area (Å²) in [7, 11) is 0. The highest BCUT2D eigenvalue weighted by Gasteiger charge is 2.40. The highest BCUT2D eigenvalue weighted by molar-refractivity contribution is 8.19. The van der Waals surface area contributed by atoms with Gasteiger partial charge >= 0.3 is 0 Å². The van der Waals surface area contributed by atoms with E-state index in [0.717, 1.165) is 16.7 Å². The van der Waals surface area contributed by atoms with Crippen molar-refractivity contribution in [1.82, 2.24) is 5.32 Å². The van der Waals surface area contributed by atoms with Crippen molar-refractivity contribution >= 4 is 40.3 Å². The topological polar surface area (TPSA) is 63.2 Å². The van der Waals surface area contributed by atoms with E-state index in [9.17, 15) is 14.4 Å². The molecule has 1 N–H and O–H groups in total. The minimum Gasteiger partial charge on any atom is -0.330 e. The Morgan fingerprint density at radius 2 is 1.70 bits per heavy atom. The van der Waals surface area contributed by atoms with Crippen molar-refractivity contribution in [3.8, 4) is 0 Å². The van der Waals surface area contributed by atoms with Gasteiger partial charge in [-0.05, 0) is 17.8 Å². The van der Waals surface area contributed by atoms with E-state index in [1.54, 1.807) is 30.3 Å². The molecule has 0 aromatic heterocycles. The van der Waals surface area contributed by atoms with Crippen molar-refractivity contribution in [2.24, 2.45) is 0 Å². The summed E-state index contributed by atoms with van der Waals surface area (Å²) in [5, 5.41) is 2.38. The molecule has 4 rings (SSSR count). The standard InChI is InChI=1S/C14H7NO3S2/c16-10-6-3-1-2-4-7(6)11(17)12-8(10)5-9-13(20-12)15-14(18)19-9/h1-5,13H,(H,15,18). The first kappa shape index (κ1) is 12.0. The molecule has 0 spiro atoms. The van der Waals surface area contributed by atoms with Crippen molar-refractivity contribution in [1.29, 1.82) is 0 Å². The van der Waals surface area contributed by atoms with Crippen LogP contribution in [0.15, 0.2) is 45.7 Å². The number of fused-ring (bicyclic) bond motifs is 2. The fourth-order valence-electron chi connectivity index (χ4n) is 2.44. The molecular weight excluding hydrogens is 294 g/mol. The molecular formula is C14H7NO3S2. The first-order valence-electron chi connectivity index (χ1n) is 5.94. The third-order valence-electron chi connectivity index (χ3n) is 3.35. The predicted molar refractivity (Wildman–Crippen MR) is 77.7 cm³/mol. The smallest absolute Gasteiger partial charge is 0.284 e. The lowest BCUT2D eigenvalue weighted by Crippen LogP contribution is -2.28. The third-order valence-corrected chi connectivity index (χ3v) is 5.64. The molecule has 0 radical (unpaired) electrons. The predicted octanol–water partition coefficient (Wildman–Crippen LogP) is 2.73. The van der Waals surface area contributed by atoms with E-state index in [1.165, 1.54) is 11.8 Å². The molecule has 4 nitrogen and oxygen atoms in total. The average molecular weight is 301 g/mol. The van der Waals surface area contributed by atoms with Crippen LogP contribution in [-0.2, 0) is 0 Å². The Morgan fingerprint density at radius 3 is 2.45 bits per heavy atom. The zero-order valence-electron chi connectivity index (χ0n) is 10.0. The number of nitrogens with one attached hydrogen (secondary N) is 1. The molecule has 1 saturated heterocycles. The number of rotatable bonds is 0. The molecule has 1 aromatic rings. The molecule has 2 aliphatic heterocycles. The van der Waals surface area contributed by atoms with Gasteiger partial charge in [-0.2, -0.15) is 0 Å². The second-order valence-corrected chi connectivity index (χ2v) is 6.69. The normalized spacial score (nSPS) is 23.9. The molecule has 1 aromatic carbocycles. The second kappa shape index (κ2) is 4.10. The molecule has 20 heavy (non-hydrogen) atoms. The molecule has 98 valence electrons. The van der Waals surface area contributed by atoms with Gasteiger partial charge in [0.2, 0.25) is 5.78 Å². The van der Waals surface area contributed by atoms with E-state index in [2.05, 4.69) is 5.32 Å². The van der Waals surface area contributed by atoms with E-state index in [1.807, 2.05) is 0 Å². The van der Waals surface area contributed by atoms with Gasteiger partial charge in [0.1, 0.15) is 5.37 Å². The van der Waals surface area contributed by atoms with Crippen molar-refractivity contribution in [2.75, 3.05) is 0 Å². The fourth-order valence-corrected chi connectivity index (χ4v) is 4.62. The van der Waals surface area contributed by atoms with Crippen molar-refractivity contribution in [2.45, 2.75) is 5.37 Å². The quantitative estimate of drug-likeness (QED) is 0.798. The minimum atomic E-state index is -0.242. The summed E-state index contributed by atoms with van der Waals surface area (Å²) >= 11 is 2.34. The molecule has 1 aliphatic carbocycles. The molecule has 1 atom stereocenters. The fraction of sp³-hybridized carbons (Fsp3) is 0.0714. The van der Waals surface area contributed by atoms with Crippen LogP contribution in [-0.4, -0.2) is 22.2 Å². The van der Waals surface area contributed by atoms with Gasteiger partial charge in [0.15, 0.2) is 5.78 Å². The second-order valence-electron chi connectivity index (χ2n) is 4.53. The maximum absolute atomic E-state index is 12.5. The summed E-state index contributed by atoms with van der Waals surface area (Å²) in [6.07, 6.45) is 1.68. The van der Waals surface area contributed by atoms with Crippen molar-refractivity contribution < 1.29 is 14.4 Å². The molecule has 3 aliphatic rings. The van der Waals surface area contributed by atoms with Gasteiger partial charge in [-0.1, -0.05) is 36.0 Å². The van der Waals surface area contributed by atoms with Gasteiger partial charge in [-0.25, -0.2) is 0 Å². The number of benzene rings is 1. The van der Waals surface area contributed by atoms with Crippen molar-refractivity contribution in [3.05, 3.63) is 56.9 Å². The van der Waals surface area contributed by atoms with Crippen LogP contribution in [0.5, 0.6) is 0 Å². The largest absolute Gasteiger partial charge is 0.330 e. The summed E-state index contributed by atoms with van der Waals surface area (Å²) in [4.78, 5) is 37.6. The van der Waals surface area contributed by atoms with Crippen LogP contribution < -0.4 is 5.32 Å². The third kappa shape index (κ3) is 1.55. The minimum absolute atomic E-state index is 0.137. The van der Waals surface area contributed by atoms with Crippen LogP contribution in [0, 0.1) is 0 Å². The maximum atomic E-state index is 12.5. The summed E-state index contributed by atoms with van der Waals surface area (Å²) < 4.78 is 0. The number of Topliss-reactive ketones (excluding diaryl/α,β-unsaturated/α-hetero) is 2. The lowest BCUT2D eigenvalue weighted by Gasteiger charge is -2.24. The van der Waals surface area contributed by atoms with Gasteiger partial charge in [-0.3, -0.25) is 14.4 Å². The zero-order valence-corrected chi connectivity index (χ0v) is 11.6. The average Bonchev–Trinajstić information content (AvgIpc) is 2.82. The summed E-state index contributed by atoms with van der Waals surface area (Å²) in [5.74, 6) is -0.282. The Bertz CT molecular complexity index is 763. The number of thioether (sulfide) groups is 2. The first-order valence-corrected chi connectivity index (χ1v) is 7.64. The van der Waals surface area contributed by atoms with Crippen molar-refractivity contribution in [3.63, 3.8) is 0 Å².